The smallest absolute Gasteiger partial charge is 0.140 e. The molecule has 0 aliphatic carbocycles. The average Bonchev–Trinajstić information content (AvgIpc) is 2.45. The second-order valence-electron chi connectivity index (χ2n) is 2.34. The maximum Gasteiger partial charge on any atom is 0.140 e. The molecule has 0 bridgehead atoms. The van der Waals surface area contributed by atoms with Gasteiger partial charge < -0.3 is 4.90 Å². The summed E-state index contributed by atoms with van der Waals surface area (Å²) in [6.07, 6.45) is 11.6. The van der Waals surface area contributed by atoms with Gasteiger partial charge in [0.15, 0.2) is 0 Å². The summed E-state index contributed by atoms with van der Waals surface area (Å²) < 4.78 is 0. The van der Waals surface area contributed by atoms with Crippen molar-refractivity contribution in [2.75, 3.05) is 6.54 Å². The molecule has 0 N–H and O–H groups in total. The Kier molecular flexibility index (Phi) is 3.80. The zero-order chi connectivity index (χ0) is 9.52. The Morgan fingerprint density at radius 3 is 3.15 bits per heavy atom. The highest BCUT2D eigenvalue weighted by atomic mass is 15.2. The molecule has 0 radical (unpaired) electrons. The van der Waals surface area contributed by atoms with Crippen molar-refractivity contribution in [3.05, 3.63) is 42.4 Å². The van der Waals surface area contributed by atoms with Crippen LogP contribution in [0.15, 0.2) is 47.4 Å². The van der Waals surface area contributed by atoms with E-state index < -0.39 is 0 Å². The summed E-state index contributed by atoms with van der Waals surface area (Å²) in [5.74, 6) is 0.956. The number of rotatable bonds is 0. The Hall–Kier alpha value is -1.53. The lowest BCUT2D eigenvalue weighted by Gasteiger charge is -2.18. The summed E-state index contributed by atoms with van der Waals surface area (Å²) in [6, 6.07) is 0. The molecule has 13 heavy (non-hydrogen) atoms. The summed E-state index contributed by atoms with van der Waals surface area (Å²) in [6.45, 7) is 4.90. The lowest BCUT2D eigenvalue weighted by atomic mass is 10.4. The number of fused-ring (bicyclic) bond motifs is 1. The summed E-state index contributed by atoms with van der Waals surface area (Å²) in [4.78, 5) is 6.25. The van der Waals surface area contributed by atoms with Crippen molar-refractivity contribution < 1.29 is 0 Å². The summed E-state index contributed by atoms with van der Waals surface area (Å²) >= 11 is 0. The van der Waals surface area contributed by atoms with Gasteiger partial charge in [0.05, 0.1) is 0 Å². The molecule has 0 atom stereocenters. The predicted octanol–water partition coefficient (Wildman–Crippen LogP) is 2.48. The van der Waals surface area contributed by atoms with Gasteiger partial charge in [-0.15, -0.1) is 5.73 Å². The summed E-state index contributed by atoms with van der Waals surface area (Å²) in [7, 11) is 0. The van der Waals surface area contributed by atoms with Gasteiger partial charge in [-0.25, -0.2) is 4.99 Å². The van der Waals surface area contributed by atoms with Crippen LogP contribution in [0.3, 0.4) is 0 Å². The minimum absolute atomic E-state index is 0.904. The van der Waals surface area contributed by atoms with E-state index >= 15 is 0 Å². The molecule has 2 heteroatoms. The standard InChI is InChI=1S/C9H8N2.C2H6/c1-2-5-9-10-6-4-8-11(9)7-3-1;1-2/h1,3-7H,8H2;1-2H3. The number of hydrogen-bond acceptors (Lipinski definition) is 2. The molecule has 0 aromatic carbocycles. The van der Waals surface area contributed by atoms with Crippen LogP contribution in [0.1, 0.15) is 13.8 Å². The lowest BCUT2D eigenvalue weighted by molar-refractivity contribution is 0.618. The van der Waals surface area contributed by atoms with Crippen LogP contribution < -0.4 is 0 Å². The zero-order valence-corrected chi connectivity index (χ0v) is 8.07. The van der Waals surface area contributed by atoms with Crippen molar-refractivity contribution >= 4 is 5.84 Å². The fourth-order valence-corrected chi connectivity index (χ4v) is 1.04. The molecule has 0 saturated heterocycles. The van der Waals surface area contributed by atoms with Crippen LogP contribution in [0, 0.1) is 0 Å². The molecule has 68 valence electrons. The summed E-state index contributed by atoms with van der Waals surface area (Å²) in [5, 5.41) is 0. The lowest BCUT2D eigenvalue weighted by Crippen LogP contribution is -2.25. The number of hydrogen-bond donors (Lipinski definition) is 0. The third-order valence-electron chi connectivity index (χ3n) is 1.58. The molecule has 0 aromatic heterocycles. The first-order valence-corrected chi connectivity index (χ1v) is 4.55. The van der Waals surface area contributed by atoms with Gasteiger partial charge in [0.2, 0.25) is 0 Å². The van der Waals surface area contributed by atoms with Gasteiger partial charge in [-0.3, -0.25) is 0 Å². The second-order valence-corrected chi connectivity index (χ2v) is 2.34. The van der Waals surface area contributed by atoms with Crippen molar-refractivity contribution in [3.8, 4) is 0 Å². The topological polar surface area (TPSA) is 15.6 Å². The fraction of sp³-hybridized carbons (Fsp3) is 0.273. The van der Waals surface area contributed by atoms with Crippen LogP contribution in [0.2, 0.25) is 0 Å². The molecule has 0 fully saturated rings. The van der Waals surface area contributed by atoms with E-state index in [-0.39, 0.29) is 0 Å². The Morgan fingerprint density at radius 2 is 2.31 bits per heavy atom. The van der Waals surface area contributed by atoms with E-state index in [0.717, 1.165) is 12.4 Å². The number of nitrogens with zero attached hydrogens (tertiary/aromatic N) is 2. The van der Waals surface area contributed by atoms with Crippen LogP contribution in [0.4, 0.5) is 0 Å². The third kappa shape index (κ3) is 2.46. The van der Waals surface area contributed by atoms with E-state index in [1.165, 1.54) is 0 Å². The Balaban J connectivity index is 0.000000396. The van der Waals surface area contributed by atoms with Gasteiger partial charge >= 0.3 is 0 Å². The molecule has 2 aliphatic heterocycles. The SMILES string of the molecule is C1=CC=CN2CC=CN=C2C=1.CC. The van der Waals surface area contributed by atoms with Gasteiger partial charge in [0, 0.05) is 25.0 Å². The van der Waals surface area contributed by atoms with Crippen LogP contribution in [-0.4, -0.2) is 17.3 Å². The quantitative estimate of drug-likeness (QED) is 0.515. The molecular formula is C11H14N2. The molecule has 2 rings (SSSR count). The Morgan fingerprint density at radius 1 is 1.46 bits per heavy atom. The zero-order valence-electron chi connectivity index (χ0n) is 8.07. The van der Waals surface area contributed by atoms with E-state index in [1.54, 1.807) is 0 Å². The monoisotopic (exact) mass is 174 g/mol. The molecule has 2 nitrogen and oxygen atoms in total. The van der Waals surface area contributed by atoms with Crippen molar-refractivity contribution in [1.29, 1.82) is 0 Å². The van der Waals surface area contributed by atoms with Crippen LogP contribution in [-0.2, 0) is 0 Å². The normalized spacial score (nSPS) is 17.1. The largest absolute Gasteiger partial charge is 0.329 e. The highest BCUT2D eigenvalue weighted by Crippen LogP contribution is 2.04. The molecule has 0 saturated carbocycles. The first kappa shape index (κ1) is 9.56. The van der Waals surface area contributed by atoms with E-state index in [2.05, 4.69) is 15.6 Å². The molecule has 2 aliphatic rings. The van der Waals surface area contributed by atoms with E-state index in [4.69, 9.17) is 0 Å². The molecule has 2 heterocycles. The molecule has 0 unspecified atom stereocenters. The first-order chi connectivity index (χ1) is 6.47. The minimum atomic E-state index is 0.904. The first-order valence-electron chi connectivity index (χ1n) is 4.55. The second kappa shape index (κ2) is 5.18. The third-order valence-corrected chi connectivity index (χ3v) is 1.58. The van der Waals surface area contributed by atoms with Crippen molar-refractivity contribution in [3.63, 3.8) is 0 Å². The van der Waals surface area contributed by atoms with Crippen molar-refractivity contribution in [2.24, 2.45) is 4.99 Å². The molecular weight excluding hydrogens is 160 g/mol. The van der Waals surface area contributed by atoms with E-state index in [1.807, 2.05) is 50.6 Å². The number of allylic oxidation sites excluding steroid dienone is 1. The van der Waals surface area contributed by atoms with Gasteiger partial charge in [-0.2, -0.15) is 0 Å². The maximum atomic E-state index is 4.18. The average molecular weight is 174 g/mol. The van der Waals surface area contributed by atoms with Gasteiger partial charge in [0.25, 0.3) is 0 Å². The van der Waals surface area contributed by atoms with Gasteiger partial charge in [0.1, 0.15) is 5.84 Å². The number of aliphatic imine (C=N–C) groups is 1. The fourth-order valence-electron chi connectivity index (χ4n) is 1.04. The number of amidine groups is 1. The summed E-state index contributed by atoms with van der Waals surface area (Å²) in [5.41, 5.74) is 3.00. The van der Waals surface area contributed by atoms with Crippen molar-refractivity contribution in [1.82, 2.24) is 4.90 Å². The Labute approximate surface area is 79.3 Å². The molecule has 0 aromatic rings. The molecule has 0 amide bonds. The van der Waals surface area contributed by atoms with Gasteiger partial charge in [-0.1, -0.05) is 13.8 Å². The van der Waals surface area contributed by atoms with Crippen LogP contribution in [0.5, 0.6) is 0 Å². The van der Waals surface area contributed by atoms with Crippen molar-refractivity contribution in [2.45, 2.75) is 13.8 Å². The van der Waals surface area contributed by atoms with E-state index in [0.29, 0.717) is 0 Å². The highest BCUT2D eigenvalue weighted by molar-refractivity contribution is 5.94. The maximum absolute atomic E-state index is 4.18. The Bertz CT molecular complexity index is 302. The van der Waals surface area contributed by atoms with Crippen LogP contribution >= 0.6 is 0 Å². The van der Waals surface area contributed by atoms with E-state index in [9.17, 15) is 0 Å². The minimum Gasteiger partial charge on any atom is -0.329 e. The highest BCUT2D eigenvalue weighted by Gasteiger charge is 2.05. The van der Waals surface area contributed by atoms with Crippen LogP contribution in [0.25, 0.3) is 0 Å². The predicted molar refractivity (Wildman–Crippen MR) is 56.4 cm³/mol. The molecule has 0 spiro atoms. The van der Waals surface area contributed by atoms with Gasteiger partial charge in [-0.05, 0) is 18.2 Å².